The molecule has 0 bridgehead atoms. The molecule has 0 spiro atoms. The summed E-state index contributed by atoms with van der Waals surface area (Å²) in [5.41, 5.74) is 0.0606. The van der Waals surface area contributed by atoms with Crippen LogP contribution in [0.3, 0.4) is 0 Å². The molecule has 2 aliphatic carbocycles. The van der Waals surface area contributed by atoms with Crippen molar-refractivity contribution < 1.29 is 24.9 Å². The van der Waals surface area contributed by atoms with E-state index >= 15 is 0 Å². The number of rotatable bonds is 13. The molecule has 29 heavy (non-hydrogen) atoms. The molecule has 2 fully saturated rings. The second kappa shape index (κ2) is 11.7. The van der Waals surface area contributed by atoms with Crippen molar-refractivity contribution in [2.45, 2.75) is 96.2 Å². The molecule has 0 aliphatic heterocycles. The number of aliphatic hydroxyl groups excluding tert-OH is 2. The van der Waals surface area contributed by atoms with E-state index in [0.29, 0.717) is 31.5 Å². The minimum atomic E-state index is -1.29. The first kappa shape index (κ1) is 23.8. The molecule has 164 valence electrons. The first-order valence-corrected chi connectivity index (χ1v) is 11.3. The van der Waals surface area contributed by atoms with E-state index in [2.05, 4.69) is 13.0 Å². The highest BCUT2D eigenvalue weighted by atomic mass is 16.4. The molecule has 0 aromatic rings. The highest BCUT2D eigenvalue weighted by molar-refractivity contribution is 5.83. The summed E-state index contributed by atoms with van der Waals surface area (Å²) in [6.07, 6.45) is 16.8. The molecule has 2 aliphatic rings. The second-order valence-electron chi connectivity index (χ2n) is 8.92. The number of allylic oxidation sites excluding steroid dienone is 3. The molecule has 0 heterocycles. The smallest absolute Gasteiger partial charge is 0.332 e. The lowest BCUT2D eigenvalue weighted by molar-refractivity contribution is -0.146. The van der Waals surface area contributed by atoms with Crippen LogP contribution in [0.4, 0.5) is 0 Å². The Balaban J connectivity index is 1.81. The summed E-state index contributed by atoms with van der Waals surface area (Å²) in [7, 11) is 0. The van der Waals surface area contributed by atoms with Gasteiger partial charge < -0.3 is 15.3 Å². The Bertz CT molecular complexity index is 590. The number of carbonyl (C=O) groups excluding carboxylic acids is 1. The predicted octanol–water partition coefficient (Wildman–Crippen LogP) is 4.42. The first-order valence-electron chi connectivity index (χ1n) is 11.3. The second-order valence-corrected chi connectivity index (χ2v) is 8.92. The van der Waals surface area contributed by atoms with Gasteiger partial charge in [0, 0.05) is 12.3 Å². The summed E-state index contributed by atoms with van der Waals surface area (Å²) in [6, 6.07) is 0. The lowest BCUT2D eigenvalue weighted by Crippen LogP contribution is -2.40. The van der Waals surface area contributed by atoms with E-state index in [9.17, 15) is 19.8 Å². The summed E-state index contributed by atoms with van der Waals surface area (Å²) < 4.78 is 0. The van der Waals surface area contributed by atoms with Gasteiger partial charge in [0.1, 0.15) is 5.78 Å². The molecule has 0 saturated heterocycles. The van der Waals surface area contributed by atoms with Crippen LogP contribution in [0.5, 0.6) is 0 Å². The number of aliphatic carboxylic acids is 1. The largest absolute Gasteiger partial charge is 0.479 e. The van der Waals surface area contributed by atoms with E-state index in [-0.39, 0.29) is 23.7 Å². The van der Waals surface area contributed by atoms with Gasteiger partial charge in [-0.3, -0.25) is 4.79 Å². The van der Waals surface area contributed by atoms with Crippen LogP contribution in [0.25, 0.3) is 0 Å². The molecule has 3 N–H and O–H groups in total. The topological polar surface area (TPSA) is 94.8 Å². The zero-order chi connectivity index (χ0) is 21.3. The number of hydrogen-bond donors (Lipinski definition) is 3. The van der Waals surface area contributed by atoms with E-state index in [1.165, 1.54) is 6.42 Å². The Morgan fingerprint density at radius 2 is 2.00 bits per heavy atom. The van der Waals surface area contributed by atoms with Crippen molar-refractivity contribution in [2.24, 2.45) is 17.3 Å². The van der Waals surface area contributed by atoms with Gasteiger partial charge in [0.25, 0.3) is 0 Å². The van der Waals surface area contributed by atoms with Gasteiger partial charge in [-0.1, -0.05) is 50.5 Å². The fourth-order valence-corrected chi connectivity index (χ4v) is 4.69. The number of carboxylic acid groups (broad SMARTS) is 1. The Kier molecular flexibility index (Phi) is 9.57. The number of carboxylic acids is 1. The lowest BCUT2D eigenvalue weighted by atomic mass is 9.62. The van der Waals surface area contributed by atoms with Crippen molar-refractivity contribution in [1.29, 1.82) is 0 Å². The highest BCUT2D eigenvalue weighted by Gasteiger charge is 2.41. The molecule has 2 rings (SSSR count). The molecule has 5 nitrogen and oxygen atoms in total. The van der Waals surface area contributed by atoms with Gasteiger partial charge in [0.2, 0.25) is 0 Å². The maximum absolute atomic E-state index is 12.3. The highest BCUT2D eigenvalue weighted by Crippen LogP contribution is 2.48. The van der Waals surface area contributed by atoms with Gasteiger partial charge >= 0.3 is 5.97 Å². The molecular formula is C24H38O5. The Morgan fingerprint density at radius 3 is 2.62 bits per heavy atom. The molecule has 2 unspecified atom stereocenters. The number of Topliss-reactive ketones (excluding diaryl/α,β-unsaturated/α-hetero) is 1. The third-order valence-electron chi connectivity index (χ3n) is 6.89. The van der Waals surface area contributed by atoms with Crippen LogP contribution in [0, 0.1) is 17.3 Å². The molecule has 0 radical (unpaired) electrons. The van der Waals surface area contributed by atoms with Gasteiger partial charge in [-0.2, -0.15) is 0 Å². The van der Waals surface area contributed by atoms with Gasteiger partial charge in [-0.15, -0.1) is 0 Å². The Morgan fingerprint density at radius 1 is 1.24 bits per heavy atom. The zero-order valence-electron chi connectivity index (χ0n) is 17.8. The standard InChI is InChI=1S/C24H38O5/c1-2-3-15-24(16-8-17-24)22(27)14-12-18-11-13-20(25)19(18)9-6-4-5-7-10-21(26)23(28)29/h4,6,12,14,18-19,21-22,26-27H,2-3,5,7-11,13,15-17H2,1H3,(H,28,29)/t18-,19-,21?,22?/m1/s1. The monoisotopic (exact) mass is 406 g/mol. The van der Waals surface area contributed by atoms with Crippen molar-refractivity contribution in [3.8, 4) is 0 Å². The number of unbranched alkanes of at least 4 members (excludes halogenated alkanes) is 2. The van der Waals surface area contributed by atoms with Crippen LogP contribution >= 0.6 is 0 Å². The van der Waals surface area contributed by atoms with Crippen molar-refractivity contribution in [2.75, 3.05) is 0 Å². The average molecular weight is 407 g/mol. The molecular weight excluding hydrogens is 368 g/mol. The minimum Gasteiger partial charge on any atom is -0.479 e. The van der Waals surface area contributed by atoms with E-state index in [1.807, 2.05) is 18.2 Å². The quantitative estimate of drug-likeness (QED) is 0.311. The van der Waals surface area contributed by atoms with Crippen LogP contribution in [0.2, 0.25) is 0 Å². The van der Waals surface area contributed by atoms with Gasteiger partial charge in [0.05, 0.1) is 6.10 Å². The summed E-state index contributed by atoms with van der Waals surface area (Å²) >= 11 is 0. The van der Waals surface area contributed by atoms with Crippen LogP contribution in [-0.4, -0.2) is 39.3 Å². The molecule has 0 aromatic heterocycles. The van der Waals surface area contributed by atoms with Crippen molar-refractivity contribution in [3.63, 3.8) is 0 Å². The summed E-state index contributed by atoms with van der Waals surface area (Å²) in [5.74, 6) is -0.712. The van der Waals surface area contributed by atoms with Crippen LogP contribution in [0.1, 0.15) is 84.0 Å². The van der Waals surface area contributed by atoms with E-state index in [4.69, 9.17) is 5.11 Å². The van der Waals surface area contributed by atoms with E-state index < -0.39 is 18.2 Å². The fraction of sp³-hybridized carbons (Fsp3) is 0.750. The van der Waals surface area contributed by atoms with Crippen LogP contribution < -0.4 is 0 Å². The zero-order valence-corrected chi connectivity index (χ0v) is 17.8. The molecule has 0 aromatic carbocycles. The first-order chi connectivity index (χ1) is 13.9. The summed E-state index contributed by atoms with van der Waals surface area (Å²) in [6.45, 7) is 2.19. The van der Waals surface area contributed by atoms with E-state index in [0.717, 1.165) is 38.5 Å². The number of aliphatic hydroxyl groups is 2. The summed E-state index contributed by atoms with van der Waals surface area (Å²) in [5, 5.41) is 28.7. The van der Waals surface area contributed by atoms with E-state index in [1.54, 1.807) is 0 Å². The molecule has 4 atom stereocenters. The number of hydrogen-bond acceptors (Lipinski definition) is 4. The fourth-order valence-electron chi connectivity index (χ4n) is 4.69. The number of carbonyl (C=O) groups is 2. The van der Waals surface area contributed by atoms with Gasteiger partial charge in [0.15, 0.2) is 6.10 Å². The van der Waals surface area contributed by atoms with Crippen molar-refractivity contribution >= 4 is 11.8 Å². The maximum atomic E-state index is 12.3. The van der Waals surface area contributed by atoms with Crippen molar-refractivity contribution in [3.05, 3.63) is 24.3 Å². The van der Waals surface area contributed by atoms with Crippen LogP contribution in [0.15, 0.2) is 24.3 Å². The third kappa shape index (κ3) is 6.78. The molecule has 5 heteroatoms. The Hall–Kier alpha value is -1.46. The number of ketones is 1. The maximum Gasteiger partial charge on any atom is 0.332 e. The van der Waals surface area contributed by atoms with Gasteiger partial charge in [-0.05, 0) is 62.7 Å². The average Bonchev–Trinajstić information content (AvgIpc) is 3.01. The third-order valence-corrected chi connectivity index (χ3v) is 6.89. The molecule has 2 saturated carbocycles. The SMILES string of the molecule is CCCCC1(C(O)C=C[C@H]2CCC(=O)[C@@H]2CC=CCCCC(O)C(=O)O)CCC1. The normalized spacial score (nSPS) is 26.1. The molecule has 0 amide bonds. The van der Waals surface area contributed by atoms with Crippen molar-refractivity contribution in [1.82, 2.24) is 0 Å². The predicted molar refractivity (Wildman–Crippen MR) is 113 cm³/mol. The summed E-state index contributed by atoms with van der Waals surface area (Å²) in [4.78, 5) is 22.9. The minimum absolute atomic E-state index is 0.0210. The van der Waals surface area contributed by atoms with Crippen LogP contribution in [-0.2, 0) is 9.59 Å². The van der Waals surface area contributed by atoms with Gasteiger partial charge in [-0.25, -0.2) is 4.79 Å². The Labute approximate surface area is 174 Å². The lowest BCUT2D eigenvalue weighted by Gasteiger charge is -2.45.